The van der Waals surface area contributed by atoms with Gasteiger partial charge in [0.25, 0.3) is 0 Å². The van der Waals surface area contributed by atoms with Crippen molar-refractivity contribution in [3.63, 3.8) is 0 Å². The van der Waals surface area contributed by atoms with E-state index in [1.807, 2.05) is 30.5 Å². The molecule has 6 aromatic rings. The number of hydrogen-bond acceptors (Lipinski definition) is 2. The molecule has 0 fully saturated rings. The second-order valence-corrected chi connectivity index (χ2v) is 6.46. The Morgan fingerprint density at radius 1 is 0.517 bits per heavy atom. The molecule has 0 unspecified atom stereocenters. The molecule has 0 saturated heterocycles. The van der Waals surface area contributed by atoms with Gasteiger partial charge in [0.2, 0.25) is 0 Å². The normalized spacial score (nSPS) is 10.1. The van der Waals surface area contributed by atoms with E-state index < -0.39 is 0 Å². The third kappa shape index (κ3) is 4.66. The molecule has 4 aromatic carbocycles. The fraction of sp³-hybridized carbons (Fsp3) is 0. The van der Waals surface area contributed by atoms with Crippen LogP contribution in [-0.4, -0.2) is 15.0 Å². The molecular weight excluding hydrogens is 354 g/mol. The number of fused-ring (bicyclic) bond motifs is 4. The van der Waals surface area contributed by atoms with E-state index >= 15 is 0 Å². The monoisotopic (exact) mass is 375 g/mol. The second-order valence-electron chi connectivity index (χ2n) is 6.46. The fourth-order valence-corrected chi connectivity index (χ4v) is 3.19. The van der Waals surface area contributed by atoms with Gasteiger partial charge in [-0.3, -0.25) is 4.98 Å². The third-order valence-corrected chi connectivity index (χ3v) is 4.57. The molecule has 1 N–H and O–H groups in total. The minimum absolute atomic E-state index is 1.06. The molecule has 3 heteroatoms. The largest absolute Gasteiger partial charge is 0.351 e. The van der Waals surface area contributed by atoms with E-state index in [0.29, 0.717) is 0 Å². The third-order valence-electron chi connectivity index (χ3n) is 4.57. The molecule has 3 nitrogen and oxygen atoms in total. The lowest BCUT2D eigenvalue weighted by Gasteiger charge is -2.02. The van der Waals surface area contributed by atoms with E-state index in [-0.39, 0.29) is 0 Å². The standard InChI is InChI=1S/C14H10.C9H7N.C3H4N2/c1-3-7-13-11(5-1)9-10-12-6-2-4-8-14(12)13;1-2-6-9-8(4-1)5-3-7-10-9;1-2-5-3-4-1/h1-10H;1-7H;1-3H,(H,4,5). The number of benzene rings is 4. The van der Waals surface area contributed by atoms with Crippen molar-refractivity contribution in [3.05, 3.63) is 122 Å². The van der Waals surface area contributed by atoms with Crippen LogP contribution in [0, 0.1) is 0 Å². The first-order chi connectivity index (χ1) is 14.4. The number of aromatic nitrogens is 3. The highest BCUT2D eigenvalue weighted by atomic mass is 14.8. The smallest absolute Gasteiger partial charge is 0.0919 e. The van der Waals surface area contributed by atoms with Crippen LogP contribution in [0.1, 0.15) is 0 Å². The number of rotatable bonds is 0. The molecule has 0 saturated carbocycles. The van der Waals surface area contributed by atoms with Crippen molar-refractivity contribution in [2.45, 2.75) is 0 Å². The highest BCUT2D eigenvalue weighted by molar-refractivity contribution is 6.07. The van der Waals surface area contributed by atoms with Crippen LogP contribution in [0.15, 0.2) is 122 Å². The maximum Gasteiger partial charge on any atom is 0.0919 e. The lowest BCUT2D eigenvalue weighted by Crippen LogP contribution is -1.75. The van der Waals surface area contributed by atoms with Crippen LogP contribution >= 0.6 is 0 Å². The molecule has 29 heavy (non-hydrogen) atoms. The van der Waals surface area contributed by atoms with Gasteiger partial charge in [0.05, 0.1) is 11.8 Å². The number of aromatic amines is 1. The van der Waals surface area contributed by atoms with Crippen LogP contribution in [0.25, 0.3) is 32.4 Å². The van der Waals surface area contributed by atoms with Crippen molar-refractivity contribution in [1.82, 2.24) is 15.0 Å². The molecule has 0 atom stereocenters. The van der Waals surface area contributed by atoms with E-state index in [0.717, 1.165) is 5.52 Å². The van der Waals surface area contributed by atoms with Crippen LogP contribution in [0.3, 0.4) is 0 Å². The van der Waals surface area contributed by atoms with Gasteiger partial charge in [-0.15, -0.1) is 0 Å². The SMILES string of the molecule is c1c[nH]cn1.c1ccc2c(c1)ccc1ccccc12.c1ccc2ncccc2c1. The van der Waals surface area contributed by atoms with Gasteiger partial charge in [0.1, 0.15) is 0 Å². The quantitative estimate of drug-likeness (QED) is 0.302. The van der Waals surface area contributed by atoms with Gasteiger partial charge in [0.15, 0.2) is 0 Å². The fourth-order valence-electron chi connectivity index (χ4n) is 3.19. The van der Waals surface area contributed by atoms with Crippen molar-refractivity contribution >= 4 is 32.4 Å². The van der Waals surface area contributed by atoms with Crippen molar-refractivity contribution in [2.24, 2.45) is 0 Å². The first-order valence-electron chi connectivity index (χ1n) is 9.51. The Bertz CT molecular complexity index is 1170. The van der Waals surface area contributed by atoms with Crippen LogP contribution in [0.2, 0.25) is 0 Å². The van der Waals surface area contributed by atoms with Gasteiger partial charge in [0, 0.05) is 24.0 Å². The minimum atomic E-state index is 1.06. The van der Waals surface area contributed by atoms with E-state index in [4.69, 9.17) is 0 Å². The molecule has 0 aliphatic heterocycles. The summed E-state index contributed by atoms with van der Waals surface area (Å²) in [6.45, 7) is 0. The number of H-pyrrole nitrogens is 1. The van der Waals surface area contributed by atoms with E-state index in [9.17, 15) is 0 Å². The summed E-state index contributed by atoms with van der Waals surface area (Å²) in [4.78, 5) is 10.6. The van der Waals surface area contributed by atoms with Gasteiger partial charge in [-0.2, -0.15) is 0 Å². The molecular formula is C26H21N3. The summed E-state index contributed by atoms with van der Waals surface area (Å²) < 4.78 is 0. The average molecular weight is 375 g/mol. The molecule has 2 heterocycles. The predicted octanol–water partition coefficient (Wildman–Crippen LogP) is 6.64. The highest BCUT2D eigenvalue weighted by Crippen LogP contribution is 2.24. The molecule has 0 aliphatic carbocycles. The first-order valence-corrected chi connectivity index (χ1v) is 9.51. The molecule has 0 radical (unpaired) electrons. The number of nitrogens with zero attached hydrogens (tertiary/aromatic N) is 2. The summed E-state index contributed by atoms with van der Waals surface area (Å²) in [6.07, 6.45) is 6.89. The lowest BCUT2D eigenvalue weighted by molar-refractivity contribution is 1.31. The summed E-state index contributed by atoms with van der Waals surface area (Å²) in [7, 11) is 0. The van der Waals surface area contributed by atoms with E-state index in [1.54, 1.807) is 18.7 Å². The second kappa shape index (κ2) is 9.29. The summed E-state index contributed by atoms with van der Waals surface area (Å²) in [5.41, 5.74) is 1.06. The molecule has 140 valence electrons. The van der Waals surface area contributed by atoms with Crippen LogP contribution < -0.4 is 0 Å². The molecule has 6 rings (SSSR count). The Kier molecular flexibility index (Phi) is 5.89. The number of nitrogens with one attached hydrogen (secondary N) is 1. The number of pyridine rings is 1. The zero-order valence-electron chi connectivity index (χ0n) is 15.9. The van der Waals surface area contributed by atoms with Crippen LogP contribution in [-0.2, 0) is 0 Å². The van der Waals surface area contributed by atoms with Crippen molar-refractivity contribution < 1.29 is 0 Å². The van der Waals surface area contributed by atoms with Gasteiger partial charge in [-0.1, -0.05) is 84.9 Å². The first kappa shape index (κ1) is 18.4. The topological polar surface area (TPSA) is 41.6 Å². The number of hydrogen-bond donors (Lipinski definition) is 1. The summed E-state index contributed by atoms with van der Waals surface area (Å²) >= 11 is 0. The van der Waals surface area contributed by atoms with Gasteiger partial charge < -0.3 is 4.98 Å². The van der Waals surface area contributed by atoms with E-state index in [1.165, 1.54) is 26.9 Å². The lowest BCUT2D eigenvalue weighted by atomic mass is 10.0. The molecule has 0 aliphatic rings. The van der Waals surface area contributed by atoms with Crippen molar-refractivity contribution in [3.8, 4) is 0 Å². The van der Waals surface area contributed by atoms with Gasteiger partial charge >= 0.3 is 0 Å². The number of imidazole rings is 1. The van der Waals surface area contributed by atoms with Crippen molar-refractivity contribution in [1.29, 1.82) is 0 Å². The van der Waals surface area contributed by atoms with Gasteiger partial charge in [-0.25, -0.2) is 4.98 Å². The zero-order valence-corrected chi connectivity index (χ0v) is 15.9. The Morgan fingerprint density at radius 2 is 1.10 bits per heavy atom. The Morgan fingerprint density at radius 3 is 1.66 bits per heavy atom. The maximum atomic E-state index is 4.18. The van der Waals surface area contributed by atoms with Crippen molar-refractivity contribution in [2.75, 3.05) is 0 Å². The minimum Gasteiger partial charge on any atom is -0.351 e. The van der Waals surface area contributed by atoms with Crippen LogP contribution in [0.5, 0.6) is 0 Å². The Balaban J connectivity index is 0.000000119. The summed E-state index contributed by atoms with van der Waals surface area (Å²) in [6, 6.07) is 33.5. The number of para-hydroxylation sites is 1. The average Bonchev–Trinajstić information content (AvgIpc) is 3.40. The van der Waals surface area contributed by atoms with Gasteiger partial charge in [-0.05, 0) is 33.7 Å². The maximum absolute atomic E-state index is 4.18. The summed E-state index contributed by atoms with van der Waals surface area (Å²) in [5.74, 6) is 0. The molecule has 0 bridgehead atoms. The predicted molar refractivity (Wildman–Crippen MR) is 122 cm³/mol. The zero-order chi connectivity index (χ0) is 19.7. The molecule has 2 aromatic heterocycles. The molecule has 0 spiro atoms. The highest BCUT2D eigenvalue weighted by Gasteiger charge is 1.97. The summed E-state index contributed by atoms with van der Waals surface area (Å²) in [5, 5.41) is 6.50. The molecule has 0 amide bonds. The van der Waals surface area contributed by atoms with E-state index in [2.05, 4.69) is 87.7 Å². The van der Waals surface area contributed by atoms with Crippen LogP contribution in [0.4, 0.5) is 0 Å². The Hall–Kier alpha value is -3.98. The Labute approximate surface area is 169 Å².